The lowest BCUT2D eigenvalue weighted by molar-refractivity contribution is -0.140. The molecule has 9 atom stereocenters. The highest BCUT2D eigenvalue weighted by Crippen LogP contribution is 2.60. The normalized spacial score (nSPS) is 39.8. The van der Waals surface area contributed by atoms with Crippen LogP contribution >= 0.6 is 0 Å². The molecule has 3 aliphatic carbocycles. The van der Waals surface area contributed by atoms with Crippen LogP contribution in [-0.4, -0.2) is 58.9 Å². The topological polar surface area (TPSA) is 96.2 Å². The summed E-state index contributed by atoms with van der Waals surface area (Å²) < 4.78 is 11.4. The van der Waals surface area contributed by atoms with Crippen molar-refractivity contribution in [3.63, 3.8) is 0 Å². The van der Waals surface area contributed by atoms with E-state index in [0.29, 0.717) is 48.3 Å². The van der Waals surface area contributed by atoms with Crippen LogP contribution in [0.15, 0.2) is 47.6 Å². The molecule has 0 aromatic carbocycles. The zero-order valence-corrected chi connectivity index (χ0v) is 24.2. The SMILES string of the molecule is C=C1/C(=C\C=C2/CCC[C@]3(C)[C@@H]([C@H](C)C[C@@H]4OC(=O)C(=C)[C@@H]4CCC)CC[C@@H]23)C[C@@H](O)[C@H](OCCCO)[C@@H]1O. The fourth-order valence-electron chi connectivity index (χ4n) is 8.24. The van der Waals surface area contributed by atoms with Crippen LogP contribution in [0.4, 0.5) is 0 Å². The number of allylic oxidation sites excluding steroid dienone is 3. The number of hydrogen-bond acceptors (Lipinski definition) is 6. The van der Waals surface area contributed by atoms with Crippen molar-refractivity contribution in [3.05, 3.63) is 47.6 Å². The number of carbonyl (C=O) groups excluding carboxylic acids is 1. The summed E-state index contributed by atoms with van der Waals surface area (Å²) in [6.45, 7) is 15.4. The Morgan fingerprint density at radius 2 is 1.97 bits per heavy atom. The third-order valence-electron chi connectivity index (χ3n) is 10.3. The predicted molar refractivity (Wildman–Crippen MR) is 153 cm³/mol. The molecule has 1 heterocycles. The monoisotopic (exact) mass is 542 g/mol. The number of rotatable bonds is 10. The van der Waals surface area contributed by atoms with Gasteiger partial charge in [0.2, 0.25) is 0 Å². The molecule has 0 aromatic rings. The van der Waals surface area contributed by atoms with Gasteiger partial charge in [0.05, 0.1) is 6.10 Å². The maximum absolute atomic E-state index is 12.3. The third kappa shape index (κ3) is 6.14. The smallest absolute Gasteiger partial charge is 0.334 e. The van der Waals surface area contributed by atoms with Gasteiger partial charge in [0, 0.05) is 31.1 Å². The zero-order chi connectivity index (χ0) is 28.3. The van der Waals surface area contributed by atoms with Gasteiger partial charge in [-0.05, 0) is 85.7 Å². The van der Waals surface area contributed by atoms with Crippen molar-refractivity contribution < 1.29 is 29.6 Å². The second kappa shape index (κ2) is 12.8. The first kappa shape index (κ1) is 30.2. The first-order valence-corrected chi connectivity index (χ1v) is 15.2. The van der Waals surface area contributed by atoms with E-state index in [0.717, 1.165) is 37.7 Å². The highest BCUT2D eigenvalue weighted by Gasteiger charge is 2.51. The maximum Gasteiger partial charge on any atom is 0.334 e. The minimum Gasteiger partial charge on any atom is -0.458 e. The van der Waals surface area contributed by atoms with Crippen LogP contribution < -0.4 is 0 Å². The zero-order valence-electron chi connectivity index (χ0n) is 24.2. The summed E-state index contributed by atoms with van der Waals surface area (Å²) in [5.41, 5.74) is 3.83. The van der Waals surface area contributed by atoms with E-state index in [2.05, 4.69) is 46.1 Å². The van der Waals surface area contributed by atoms with E-state index >= 15 is 0 Å². The molecule has 0 unspecified atom stereocenters. The number of hydrogen-bond donors (Lipinski definition) is 3. The first-order chi connectivity index (χ1) is 18.6. The molecule has 4 fully saturated rings. The van der Waals surface area contributed by atoms with E-state index in [1.54, 1.807) is 0 Å². The molecule has 218 valence electrons. The second-order valence-electron chi connectivity index (χ2n) is 12.8. The largest absolute Gasteiger partial charge is 0.458 e. The highest BCUT2D eigenvalue weighted by molar-refractivity contribution is 5.90. The van der Waals surface area contributed by atoms with Crippen LogP contribution in [0.3, 0.4) is 0 Å². The van der Waals surface area contributed by atoms with Crippen molar-refractivity contribution in [2.75, 3.05) is 13.2 Å². The molecule has 4 rings (SSSR count). The number of esters is 1. The van der Waals surface area contributed by atoms with E-state index < -0.39 is 18.3 Å². The molecular formula is C33H50O6. The summed E-state index contributed by atoms with van der Waals surface area (Å²) in [5, 5.41) is 30.4. The Morgan fingerprint density at radius 1 is 1.21 bits per heavy atom. The summed E-state index contributed by atoms with van der Waals surface area (Å²) in [7, 11) is 0. The lowest BCUT2D eigenvalue weighted by Gasteiger charge is -2.45. The third-order valence-corrected chi connectivity index (χ3v) is 10.3. The van der Waals surface area contributed by atoms with Crippen molar-refractivity contribution in [1.82, 2.24) is 0 Å². The summed E-state index contributed by atoms with van der Waals surface area (Å²) >= 11 is 0. The van der Waals surface area contributed by atoms with Gasteiger partial charge in [0.25, 0.3) is 0 Å². The van der Waals surface area contributed by atoms with Crippen LogP contribution in [0, 0.1) is 29.1 Å². The number of ether oxygens (including phenoxy) is 2. The lowest BCUT2D eigenvalue weighted by Crippen LogP contribution is -2.45. The van der Waals surface area contributed by atoms with Gasteiger partial charge in [0.15, 0.2) is 0 Å². The Hall–Kier alpha value is -1.73. The van der Waals surface area contributed by atoms with Crippen molar-refractivity contribution in [3.8, 4) is 0 Å². The molecule has 3 N–H and O–H groups in total. The molecule has 6 nitrogen and oxygen atoms in total. The van der Waals surface area contributed by atoms with E-state index in [9.17, 15) is 15.0 Å². The average molecular weight is 543 g/mol. The Labute approximate surface area is 234 Å². The van der Waals surface area contributed by atoms with E-state index in [1.165, 1.54) is 24.8 Å². The molecule has 6 heteroatoms. The molecule has 39 heavy (non-hydrogen) atoms. The Kier molecular flexibility index (Phi) is 9.96. The van der Waals surface area contributed by atoms with Gasteiger partial charge in [-0.3, -0.25) is 0 Å². The Balaban J connectivity index is 1.44. The van der Waals surface area contributed by atoms with Crippen LogP contribution in [0.5, 0.6) is 0 Å². The quantitative estimate of drug-likeness (QED) is 0.194. The number of cyclic esters (lactones) is 1. The summed E-state index contributed by atoms with van der Waals surface area (Å²) in [4.78, 5) is 12.3. The van der Waals surface area contributed by atoms with Gasteiger partial charge < -0.3 is 24.8 Å². The number of aliphatic hydroxyl groups excluding tert-OH is 3. The fourth-order valence-corrected chi connectivity index (χ4v) is 8.24. The number of fused-ring (bicyclic) bond motifs is 1. The van der Waals surface area contributed by atoms with E-state index in [4.69, 9.17) is 14.6 Å². The Bertz CT molecular complexity index is 981. The standard InChI is InChI=1S/C33H50O6/c1-6-9-25-22(4)32(37)39-29(25)18-20(2)26-13-14-27-23(10-7-15-33(26,27)5)11-12-24-19-28(35)31(30(36)21(24)3)38-17-8-16-34/h11-12,20,25-31,34-36H,3-4,6-10,13-19H2,1-2,5H3/b23-11+,24-12-/t20-,25+,26-,27+,28-,29+,30-,31+,33-/m1/s1. The molecule has 0 aromatic heterocycles. The molecule has 1 aliphatic heterocycles. The van der Waals surface area contributed by atoms with Crippen LogP contribution in [-0.2, 0) is 14.3 Å². The minimum atomic E-state index is -0.956. The lowest BCUT2D eigenvalue weighted by atomic mass is 9.60. The van der Waals surface area contributed by atoms with Gasteiger partial charge in [-0.25, -0.2) is 4.79 Å². The van der Waals surface area contributed by atoms with Crippen molar-refractivity contribution in [2.45, 2.75) is 109 Å². The summed E-state index contributed by atoms with van der Waals surface area (Å²) in [6, 6.07) is 0. The second-order valence-corrected chi connectivity index (χ2v) is 12.8. The summed E-state index contributed by atoms with van der Waals surface area (Å²) in [6.07, 6.45) is 11.3. The first-order valence-electron chi connectivity index (χ1n) is 15.2. The molecule has 0 spiro atoms. The molecular weight excluding hydrogens is 492 g/mol. The van der Waals surface area contributed by atoms with Gasteiger partial charge in [-0.2, -0.15) is 0 Å². The van der Waals surface area contributed by atoms with Crippen molar-refractivity contribution in [2.24, 2.45) is 29.1 Å². The van der Waals surface area contributed by atoms with Gasteiger partial charge in [-0.15, -0.1) is 0 Å². The average Bonchev–Trinajstić information content (AvgIpc) is 3.39. The summed E-state index contributed by atoms with van der Waals surface area (Å²) in [5.74, 6) is 1.51. The number of aliphatic hydroxyl groups is 3. The predicted octanol–water partition coefficient (Wildman–Crippen LogP) is 5.43. The molecule has 0 bridgehead atoms. The fraction of sp³-hybridized carbons (Fsp3) is 0.727. The van der Waals surface area contributed by atoms with Crippen molar-refractivity contribution in [1.29, 1.82) is 0 Å². The van der Waals surface area contributed by atoms with Crippen molar-refractivity contribution >= 4 is 5.97 Å². The van der Waals surface area contributed by atoms with Crippen LogP contribution in [0.2, 0.25) is 0 Å². The van der Waals surface area contributed by atoms with E-state index in [-0.39, 0.29) is 30.0 Å². The van der Waals surface area contributed by atoms with Gasteiger partial charge >= 0.3 is 5.97 Å². The molecule has 3 saturated carbocycles. The minimum absolute atomic E-state index is 0.0153. The molecule has 4 aliphatic rings. The van der Waals surface area contributed by atoms with E-state index in [1.807, 2.05) is 0 Å². The number of carbonyl (C=O) groups is 1. The van der Waals surface area contributed by atoms with Crippen LogP contribution in [0.25, 0.3) is 0 Å². The van der Waals surface area contributed by atoms with Crippen LogP contribution in [0.1, 0.15) is 85.0 Å². The molecule has 1 saturated heterocycles. The molecule has 0 radical (unpaired) electrons. The molecule has 0 amide bonds. The Morgan fingerprint density at radius 3 is 2.69 bits per heavy atom. The maximum atomic E-state index is 12.3. The highest BCUT2D eigenvalue weighted by atomic mass is 16.6. The van der Waals surface area contributed by atoms with Gasteiger partial charge in [-0.1, -0.05) is 58.1 Å². The van der Waals surface area contributed by atoms with Gasteiger partial charge in [0.1, 0.15) is 18.3 Å².